The first-order valence-corrected chi connectivity index (χ1v) is 20.3. The number of nitrogens with zero attached hydrogens (tertiary/aromatic N) is 7. The van der Waals surface area contributed by atoms with Gasteiger partial charge in [-0.05, 0) is 74.6 Å². The number of piperidine rings is 1. The Balaban J connectivity index is 1.13. The molecule has 288 valence electrons. The quantitative estimate of drug-likeness (QED) is 0.157. The predicted molar refractivity (Wildman–Crippen MR) is 212 cm³/mol. The number of aromatic nitrogens is 4. The number of hydrogen-bond acceptors (Lipinski definition) is 9. The first-order chi connectivity index (χ1) is 27.2. The Hall–Kier alpha value is -4.70. The lowest BCUT2D eigenvalue weighted by Crippen LogP contribution is -2.45. The van der Waals surface area contributed by atoms with Crippen LogP contribution in [0.5, 0.6) is 5.75 Å². The maximum atomic E-state index is 17.3. The number of amides is 1. The summed E-state index contributed by atoms with van der Waals surface area (Å²) in [5, 5.41) is 15.5. The number of ether oxygens (including phenoxy) is 2. The topological polar surface area (TPSA) is 121 Å². The number of carbonyl (C=O) groups excluding carboxylic acids is 1. The summed E-state index contributed by atoms with van der Waals surface area (Å²) in [5.41, 5.74) is 4.22. The third-order valence-electron chi connectivity index (χ3n) is 12.8. The zero-order valence-corrected chi connectivity index (χ0v) is 32.7. The molecule has 11 nitrogen and oxygen atoms in total. The molecule has 1 N–H and O–H groups in total. The summed E-state index contributed by atoms with van der Waals surface area (Å²) in [5.74, 6) is 1.81. The minimum absolute atomic E-state index is 0.0371. The molecule has 14 heteroatoms. The summed E-state index contributed by atoms with van der Waals surface area (Å²) in [6.07, 6.45) is 7.86. The number of methoxy groups -OCH3 is 1. The normalized spacial score (nSPS) is 25.1. The third kappa shape index (κ3) is 5.68. The molecule has 0 unspecified atom stereocenters. The molecule has 4 saturated heterocycles. The van der Waals surface area contributed by atoms with Crippen LogP contribution in [-0.4, -0.2) is 75.9 Å². The van der Waals surface area contributed by atoms with Gasteiger partial charge in [-0.15, -0.1) is 0 Å². The monoisotopic (exact) mass is 794 g/mol. The van der Waals surface area contributed by atoms with E-state index in [1.807, 2.05) is 17.9 Å². The molecular formula is C42H41Cl2FN8O3. The van der Waals surface area contributed by atoms with Crippen molar-refractivity contribution in [2.45, 2.75) is 69.6 Å². The summed E-state index contributed by atoms with van der Waals surface area (Å²) < 4.78 is 31.1. The van der Waals surface area contributed by atoms with Crippen molar-refractivity contribution in [3.63, 3.8) is 0 Å². The van der Waals surface area contributed by atoms with Gasteiger partial charge >= 0.3 is 6.09 Å². The van der Waals surface area contributed by atoms with Crippen molar-refractivity contribution in [3.8, 4) is 22.9 Å². The van der Waals surface area contributed by atoms with Crippen LogP contribution in [0.1, 0.15) is 61.1 Å². The number of nitrogens with one attached hydrogen (secondary N) is 1. The van der Waals surface area contributed by atoms with Gasteiger partial charge in [0.1, 0.15) is 5.52 Å². The highest BCUT2D eigenvalue weighted by Crippen LogP contribution is 2.53. The van der Waals surface area contributed by atoms with Gasteiger partial charge in [0.25, 0.3) is 0 Å². The fraction of sp³-hybridized carbons (Fsp3) is 0.452. The van der Waals surface area contributed by atoms with Crippen LogP contribution >= 0.6 is 23.2 Å². The van der Waals surface area contributed by atoms with Gasteiger partial charge < -0.3 is 24.3 Å². The van der Waals surface area contributed by atoms with E-state index < -0.39 is 5.82 Å². The lowest BCUT2D eigenvalue weighted by atomic mass is 9.79. The van der Waals surface area contributed by atoms with E-state index in [0.29, 0.717) is 82.4 Å². The Labute approximate surface area is 333 Å². The van der Waals surface area contributed by atoms with Gasteiger partial charge in [-0.25, -0.2) is 24.1 Å². The van der Waals surface area contributed by atoms with Crippen LogP contribution in [0.25, 0.3) is 32.9 Å². The Morgan fingerprint density at radius 2 is 1.93 bits per heavy atom. The largest absolute Gasteiger partial charge is 0.490 e. The van der Waals surface area contributed by atoms with E-state index in [0.717, 1.165) is 36.0 Å². The SMILES string of the molecule is COC(=O)N1[C@@H]2C[C@@H](CN(c3ncc(OCC4CC4)cn3)C2)[C@@H]1c1cc2c(C)nc3c(F)c(-c4cccc(Cl)c4Cl)c(CCC#N)cc3c2n1[C@H]1[C@H]2CN[C@@H]1C2. The van der Waals surface area contributed by atoms with Crippen molar-refractivity contribution < 1.29 is 18.7 Å². The summed E-state index contributed by atoms with van der Waals surface area (Å²) >= 11 is 13.2. The molecule has 2 aromatic carbocycles. The minimum Gasteiger partial charge on any atom is -0.490 e. The molecular weight excluding hydrogens is 754 g/mol. The standard InChI is InChI=1S/C42H41Cl2FN8O3/c1-21-29-14-33(39-25-11-26(52(39)42(54)55-2)19-51(18-25)41-48-16-27(17-49-41)56-20-22-8-9-22)53(38-24-13-32(38)47-15-24)40(29)30-12-23(5-4-10-46)34(36(45)37(30)50-21)28-6-3-7-31(43)35(28)44/h3,6-7,12,14,16-17,22,24-26,32,38-39,47H,4-5,8-9,11,13,15,18-20H2,1-2H3/t24-,25+,26-,32-,38+,39-/m1/s1. The molecule has 2 aliphatic carbocycles. The third-order valence-corrected chi connectivity index (χ3v) is 13.6. The number of hydrogen-bond donors (Lipinski definition) is 1. The molecule has 56 heavy (non-hydrogen) atoms. The van der Waals surface area contributed by atoms with Crippen LogP contribution in [0.4, 0.5) is 15.1 Å². The zero-order chi connectivity index (χ0) is 38.4. The fourth-order valence-electron chi connectivity index (χ4n) is 10.0. The highest BCUT2D eigenvalue weighted by Gasteiger charge is 2.54. The van der Waals surface area contributed by atoms with Crippen LogP contribution in [0.15, 0.2) is 42.7 Å². The Morgan fingerprint density at radius 3 is 2.64 bits per heavy atom. The maximum Gasteiger partial charge on any atom is 0.410 e. The smallest absolute Gasteiger partial charge is 0.410 e. The molecule has 0 spiro atoms. The van der Waals surface area contributed by atoms with Crippen molar-refractivity contribution in [1.29, 1.82) is 5.26 Å². The molecule has 7 heterocycles. The second-order valence-corrected chi connectivity index (χ2v) is 16.9. The van der Waals surface area contributed by atoms with E-state index in [9.17, 15) is 10.1 Å². The number of nitriles is 1. The number of anilines is 1. The van der Waals surface area contributed by atoms with E-state index >= 15 is 4.39 Å². The number of aryl methyl sites for hydroxylation is 2. The average molecular weight is 796 g/mol. The number of halogens is 3. The number of rotatable bonds is 9. The van der Waals surface area contributed by atoms with E-state index in [1.54, 1.807) is 30.6 Å². The van der Waals surface area contributed by atoms with Crippen molar-refractivity contribution in [1.82, 2.24) is 29.7 Å². The van der Waals surface area contributed by atoms with Crippen molar-refractivity contribution in [2.24, 2.45) is 17.8 Å². The van der Waals surface area contributed by atoms with Gasteiger partial charge in [0.15, 0.2) is 11.6 Å². The molecule has 6 aliphatic rings. The number of likely N-dealkylation sites (tertiary alicyclic amines) is 1. The first kappa shape index (κ1) is 35.7. The van der Waals surface area contributed by atoms with Gasteiger partial charge in [0, 0.05) is 71.3 Å². The minimum atomic E-state index is -0.499. The molecule has 11 rings (SSSR count). The fourth-order valence-corrected chi connectivity index (χ4v) is 10.4. The van der Waals surface area contributed by atoms with Crippen molar-refractivity contribution in [3.05, 3.63) is 75.5 Å². The Kier molecular flexibility index (Phi) is 8.76. The lowest BCUT2D eigenvalue weighted by Gasteiger charge is -2.40. The van der Waals surface area contributed by atoms with Crippen LogP contribution in [0.3, 0.4) is 0 Å². The number of carbonyl (C=O) groups is 1. The van der Waals surface area contributed by atoms with E-state index in [4.69, 9.17) is 47.6 Å². The van der Waals surface area contributed by atoms with Crippen molar-refractivity contribution >= 4 is 57.0 Å². The first-order valence-electron chi connectivity index (χ1n) is 19.5. The zero-order valence-electron chi connectivity index (χ0n) is 31.1. The molecule has 2 saturated carbocycles. The van der Waals surface area contributed by atoms with Crippen LogP contribution in [0, 0.1) is 41.8 Å². The molecule has 0 radical (unpaired) electrons. The van der Waals surface area contributed by atoms with Crippen molar-refractivity contribution in [2.75, 3.05) is 38.3 Å². The molecule has 5 aromatic rings. The summed E-state index contributed by atoms with van der Waals surface area (Å²) in [6.45, 7) is 4.70. The molecule has 1 amide bonds. The Bertz CT molecular complexity index is 2440. The van der Waals surface area contributed by atoms with E-state index in [-0.39, 0.29) is 53.1 Å². The number of fused-ring (bicyclic) bond motifs is 6. The second-order valence-electron chi connectivity index (χ2n) is 16.1. The summed E-state index contributed by atoms with van der Waals surface area (Å²) in [6, 6.07) is 11.5. The van der Waals surface area contributed by atoms with Gasteiger partial charge in [-0.3, -0.25) is 4.90 Å². The average Bonchev–Trinajstić information content (AvgIpc) is 3.46. The Morgan fingerprint density at radius 1 is 1.11 bits per heavy atom. The lowest BCUT2D eigenvalue weighted by molar-refractivity contribution is 0.0994. The molecule has 6 atom stereocenters. The summed E-state index contributed by atoms with van der Waals surface area (Å²) in [7, 11) is 1.44. The number of pyridine rings is 1. The molecule has 6 fully saturated rings. The molecule has 4 bridgehead atoms. The summed E-state index contributed by atoms with van der Waals surface area (Å²) in [4.78, 5) is 32.3. The van der Waals surface area contributed by atoms with E-state index in [2.05, 4.69) is 26.9 Å². The predicted octanol–water partition coefficient (Wildman–Crippen LogP) is 8.20. The van der Waals surface area contributed by atoms with Gasteiger partial charge in [0.05, 0.1) is 65.9 Å². The van der Waals surface area contributed by atoms with Gasteiger partial charge in [0.2, 0.25) is 5.95 Å². The molecule has 3 aromatic heterocycles. The molecule has 4 aliphatic heterocycles. The number of benzene rings is 2. The highest BCUT2D eigenvalue weighted by atomic mass is 35.5. The van der Waals surface area contributed by atoms with Crippen LogP contribution < -0.4 is 15.0 Å². The maximum absolute atomic E-state index is 17.3. The second kappa shape index (κ2) is 13.7. The van der Waals surface area contributed by atoms with Gasteiger partial charge in [-0.2, -0.15) is 5.26 Å². The van der Waals surface area contributed by atoms with Gasteiger partial charge in [-0.1, -0.05) is 35.3 Å². The van der Waals surface area contributed by atoms with Crippen LogP contribution in [-0.2, 0) is 11.2 Å². The van der Waals surface area contributed by atoms with Crippen LogP contribution in [0.2, 0.25) is 10.0 Å². The van der Waals surface area contributed by atoms with E-state index in [1.165, 1.54) is 20.0 Å². The highest BCUT2D eigenvalue weighted by molar-refractivity contribution is 6.43.